The smallest absolute Gasteiger partial charge is 0.184 e. The second-order valence-electron chi connectivity index (χ2n) is 5.65. The molecule has 1 aliphatic heterocycles. The van der Waals surface area contributed by atoms with Gasteiger partial charge in [0, 0.05) is 31.1 Å². The van der Waals surface area contributed by atoms with Crippen molar-refractivity contribution in [3.8, 4) is 0 Å². The summed E-state index contributed by atoms with van der Waals surface area (Å²) in [7, 11) is 0. The molecular formula is C15H16ClN3S. The predicted molar refractivity (Wildman–Crippen MR) is 83.2 cm³/mol. The number of piperidine rings is 1. The van der Waals surface area contributed by atoms with Gasteiger partial charge in [-0.05, 0) is 17.4 Å². The molecule has 4 rings (SSSR count). The molecule has 2 aliphatic rings. The summed E-state index contributed by atoms with van der Waals surface area (Å²) < 4.78 is 0. The first-order valence-electron chi connectivity index (χ1n) is 6.93. The first-order chi connectivity index (χ1) is 9.79. The van der Waals surface area contributed by atoms with Crippen molar-refractivity contribution in [2.24, 2.45) is 11.8 Å². The highest BCUT2D eigenvalue weighted by Crippen LogP contribution is 2.47. The number of halogens is 1. The van der Waals surface area contributed by atoms with Crippen LogP contribution in [-0.2, 0) is 6.54 Å². The molecule has 2 heterocycles. The SMILES string of the molecule is Clc1csc(NC2C3CN(Cc4ccccc4)CC32)n1. The Balaban J connectivity index is 1.31. The van der Waals surface area contributed by atoms with Gasteiger partial charge in [0.25, 0.3) is 0 Å². The van der Waals surface area contributed by atoms with E-state index in [1.165, 1.54) is 18.7 Å². The van der Waals surface area contributed by atoms with Gasteiger partial charge in [0.1, 0.15) is 5.15 Å². The van der Waals surface area contributed by atoms with Crippen molar-refractivity contribution in [3.05, 3.63) is 46.4 Å². The molecule has 2 aromatic rings. The van der Waals surface area contributed by atoms with E-state index in [1.54, 1.807) is 11.3 Å². The fraction of sp³-hybridized carbons (Fsp3) is 0.400. The molecule has 1 aromatic carbocycles. The van der Waals surface area contributed by atoms with Crippen LogP contribution in [-0.4, -0.2) is 29.0 Å². The Morgan fingerprint density at radius 1 is 1.25 bits per heavy atom. The second kappa shape index (κ2) is 5.02. The Morgan fingerprint density at radius 2 is 2.00 bits per heavy atom. The zero-order valence-corrected chi connectivity index (χ0v) is 12.6. The number of benzene rings is 1. The number of nitrogens with zero attached hydrogens (tertiary/aromatic N) is 2. The molecule has 20 heavy (non-hydrogen) atoms. The Labute approximate surface area is 127 Å². The van der Waals surface area contributed by atoms with E-state index in [-0.39, 0.29) is 0 Å². The van der Waals surface area contributed by atoms with E-state index < -0.39 is 0 Å². The largest absolute Gasteiger partial charge is 0.358 e. The van der Waals surface area contributed by atoms with Gasteiger partial charge in [0.15, 0.2) is 5.13 Å². The molecule has 1 N–H and O–H groups in total. The maximum Gasteiger partial charge on any atom is 0.184 e. The molecular weight excluding hydrogens is 290 g/mol. The topological polar surface area (TPSA) is 28.2 Å². The molecule has 2 unspecified atom stereocenters. The number of hydrogen-bond acceptors (Lipinski definition) is 4. The maximum atomic E-state index is 5.85. The number of anilines is 1. The van der Waals surface area contributed by atoms with Gasteiger partial charge in [-0.25, -0.2) is 4.98 Å². The van der Waals surface area contributed by atoms with Gasteiger partial charge >= 0.3 is 0 Å². The van der Waals surface area contributed by atoms with Crippen LogP contribution in [0.15, 0.2) is 35.7 Å². The molecule has 0 bridgehead atoms. The third-order valence-electron chi connectivity index (χ3n) is 4.28. The van der Waals surface area contributed by atoms with Gasteiger partial charge in [-0.1, -0.05) is 41.9 Å². The van der Waals surface area contributed by atoms with Crippen LogP contribution in [0.4, 0.5) is 5.13 Å². The molecule has 1 aromatic heterocycles. The van der Waals surface area contributed by atoms with Crippen LogP contribution in [0.5, 0.6) is 0 Å². The average Bonchev–Trinajstić information content (AvgIpc) is 2.82. The second-order valence-corrected chi connectivity index (χ2v) is 6.90. The number of fused-ring (bicyclic) bond motifs is 1. The Bertz CT molecular complexity index is 588. The minimum Gasteiger partial charge on any atom is -0.358 e. The minimum absolute atomic E-state index is 0.592. The third kappa shape index (κ3) is 2.43. The molecule has 0 radical (unpaired) electrons. The lowest BCUT2D eigenvalue weighted by atomic mass is 10.2. The summed E-state index contributed by atoms with van der Waals surface area (Å²) in [5.41, 5.74) is 1.41. The highest BCUT2D eigenvalue weighted by molar-refractivity contribution is 7.14. The van der Waals surface area contributed by atoms with Gasteiger partial charge in [-0.2, -0.15) is 0 Å². The molecule has 2 fully saturated rings. The summed E-state index contributed by atoms with van der Waals surface area (Å²) >= 11 is 7.44. The molecule has 2 atom stereocenters. The summed E-state index contributed by atoms with van der Waals surface area (Å²) in [6.07, 6.45) is 0. The summed E-state index contributed by atoms with van der Waals surface area (Å²) in [6, 6.07) is 11.3. The van der Waals surface area contributed by atoms with E-state index in [1.807, 2.05) is 5.38 Å². The summed E-state index contributed by atoms with van der Waals surface area (Å²) in [6.45, 7) is 3.45. The van der Waals surface area contributed by atoms with Crippen molar-refractivity contribution in [1.29, 1.82) is 0 Å². The van der Waals surface area contributed by atoms with Crippen LogP contribution in [0.2, 0.25) is 5.15 Å². The lowest BCUT2D eigenvalue weighted by Crippen LogP contribution is -2.27. The lowest BCUT2D eigenvalue weighted by molar-refractivity contribution is 0.293. The molecule has 1 aliphatic carbocycles. The zero-order valence-electron chi connectivity index (χ0n) is 11.0. The van der Waals surface area contributed by atoms with E-state index in [0.717, 1.165) is 23.5 Å². The summed E-state index contributed by atoms with van der Waals surface area (Å²) in [5, 5.41) is 6.95. The van der Waals surface area contributed by atoms with Crippen LogP contribution in [0, 0.1) is 11.8 Å². The highest BCUT2D eigenvalue weighted by Gasteiger charge is 2.55. The fourth-order valence-corrected chi connectivity index (χ4v) is 4.15. The Morgan fingerprint density at radius 3 is 2.65 bits per heavy atom. The average molecular weight is 306 g/mol. The molecule has 5 heteroatoms. The van der Waals surface area contributed by atoms with E-state index >= 15 is 0 Å². The highest BCUT2D eigenvalue weighted by atomic mass is 35.5. The molecule has 1 saturated heterocycles. The fourth-order valence-electron chi connectivity index (χ4n) is 3.26. The lowest BCUT2D eigenvalue weighted by Gasteiger charge is -2.19. The molecule has 3 nitrogen and oxygen atoms in total. The van der Waals surface area contributed by atoms with E-state index in [2.05, 4.69) is 45.5 Å². The summed E-state index contributed by atoms with van der Waals surface area (Å²) in [4.78, 5) is 6.82. The minimum atomic E-state index is 0.592. The van der Waals surface area contributed by atoms with Gasteiger partial charge in [0.05, 0.1) is 0 Å². The third-order valence-corrected chi connectivity index (χ3v) is 5.38. The van der Waals surface area contributed by atoms with Gasteiger partial charge < -0.3 is 5.32 Å². The van der Waals surface area contributed by atoms with Crippen molar-refractivity contribution in [3.63, 3.8) is 0 Å². The van der Waals surface area contributed by atoms with Crippen LogP contribution in [0.3, 0.4) is 0 Å². The first-order valence-corrected chi connectivity index (χ1v) is 8.19. The van der Waals surface area contributed by atoms with Crippen molar-refractivity contribution >= 4 is 28.1 Å². The van der Waals surface area contributed by atoms with Crippen molar-refractivity contribution < 1.29 is 0 Å². The van der Waals surface area contributed by atoms with Crippen molar-refractivity contribution in [1.82, 2.24) is 9.88 Å². The molecule has 104 valence electrons. The molecule has 0 amide bonds. The van der Waals surface area contributed by atoms with Crippen LogP contribution in [0.25, 0.3) is 0 Å². The van der Waals surface area contributed by atoms with Gasteiger partial charge in [-0.15, -0.1) is 11.3 Å². The standard InChI is InChI=1S/C15H16ClN3S/c16-13-9-20-15(17-13)18-14-11-7-19(8-12(11)14)6-10-4-2-1-3-5-10/h1-5,9,11-12,14H,6-8H2,(H,17,18). The molecule has 1 saturated carbocycles. The van der Waals surface area contributed by atoms with E-state index in [9.17, 15) is 0 Å². The first kappa shape index (κ1) is 12.6. The monoisotopic (exact) mass is 305 g/mol. The van der Waals surface area contributed by atoms with E-state index in [4.69, 9.17) is 11.6 Å². The molecule has 0 spiro atoms. The maximum absolute atomic E-state index is 5.85. The van der Waals surface area contributed by atoms with Crippen molar-refractivity contribution in [2.75, 3.05) is 18.4 Å². The Hall–Kier alpha value is -1.10. The van der Waals surface area contributed by atoms with Gasteiger partial charge in [-0.3, -0.25) is 4.90 Å². The summed E-state index contributed by atoms with van der Waals surface area (Å²) in [5.74, 6) is 1.56. The number of aromatic nitrogens is 1. The van der Waals surface area contributed by atoms with Crippen LogP contribution >= 0.6 is 22.9 Å². The van der Waals surface area contributed by atoms with Crippen LogP contribution < -0.4 is 5.32 Å². The normalized spacial score (nSPS) is 28.4. The quantitative estimate of drug-likeness (QED) is 0.939. The number of nitrogens with one attached hydrogen (secondary N) is 1. The number of likely N-dealkylation sites (tertiary alicyclic amines) is 1. The van der Waals surface area contributed by atoms with Crippen LogP contribution in [0.1, 0.15) is 5.56 Å². The number of hydrogen-bond donors (Lipinski definition) is 1. The zero-order chi connectivity index (χ0) is 13.5. The Kier molecular flexibility index (Phi) is 3.17. The number of thiazole rings is 1. The van der Waals surface area contributed by atoms with E-state index in [0.29, 0.717) is 11.2 Å². The van der Waals surface area contributed by atoms with Gasteiger partial charge in [0.2, 0.25) is 0 Å². The van der Waals surface area contributed by atoms with Crippen molar-refractivity contribution in [2.45, 2.75) is 12.6 Å². The number of rotatable bonds is 4. The predicted octanol–water partition coefficient (Wildman–Crippen LogP) is 3.34.